The molecule has 5 heteroatoms. The van der Waals surface area contributed by atoms with Crippen molar-refractivity contribution in [3.05, 3.63) is 29.5 Å². The van der Waals surface area contributed by atoms with Crippen LogP contribution in [0.1, 0.15) is 29.8 Å². The quantitative estimate of drug-likeness (QED) is 0.661. The number of H-pyrrole nitrogens is 1. The van der Waals surface area contributed by atoms with Crippen molar-refractivity contribution < 1.29 is 15.0 Å². The normalized spacial score (nSPS) is 11.1. The highest BCUT2D eigenvalue weighted by Crippen LogP contribution is 2.20. The number of nitrogens with zero attached hydrogens (tertiary/aromatic N) is 1. The molecule has 0 radical (unpaired) electrons. The smallest absolute Gasteiger partial charge is 0.337 e. The molecule has 0 spiro atoms. The lowest BCUT2D eigenvalue weighted by Gasteiger charge is -2.06. The molecule has 0 atom stereocenters. The number of aliphatic hydroxyl groups is 1. The molecule has 0 amide bonds. The summed E-state index contributed by atoms with van der Waals surface area (Å²) < 4.78 is 0. The first-order valence-corrected chi connectivity index (χ1v) is 5.33. The Bertz CT molecular complexity index is 669. The molecule has 2 aromatic rings. The van der Waals surface area contributed by atoms with Gasteiger partial charge in [-0.1, -0.05) is 11.8 Å². The van der Waals surface area contributed by atoms with Crippen molar-refractivity contribution in [2.75, 3.05) is 0 Å². The van der Waals surface area contributed by atoms with Crippen LogP contribution >= 0.6 is 0 Å². The molecule has 3 N–H and O–H groups in total. The maximum atomic E-state index is 11.0. The maximum Gasteiger partial charge on any atom is 0.337 e. The summed E-state index contributed by atoms with van der Waals surface area (Å²) in [4.78, 5) is 11.0. The van der Waals surface area contributed by atoms with E-state index >= 15 is 0 Å². The first-order valence-electron chi connectivity index (χ1n) is 5.33. The Morgan fingerprint density at radius 2 is 2.17 bits per heavy atom. The average Bonchev–Trinajstić information content (AvgIpc) is 2.72. The molecule has 0 saturated carbocycles. The number of benzene rings is 1. The van der Waals surface area contributed by atoms with Crippen molar-refractivity contribution in [3.8, 4) is 11.8 Å². The van der Waals surface area contributed by atoms with Gasteiger partial charge < -0.3 is 10.2 Å². The molecule has 92 valence electrons. The summed E-state index contributed by atoms with van der Waals surface area (Å²) in [5, 5.41) is 25.7. The summed E-state index contributed by atoms with van der Waals surface area (Å²) in [7, 11) is 0. The van der Waals surface area contributed by atoms with E-state index in [-0.39, 0.29) is 5.56 Å². The number of hydrogen-bond donors (Lipinski definition) is 3. The van der Waals surface area contributed by atoms with Crippen LogP contribution in [0.25, 0.3) is 10.9 Å². The van der Waals surface area contributed by atoms with Gasteiger partial charge in [-0.2, -0.15) is 5.10 Å². The van der Waals surface area contributed by atoms with Crippen molar-refractivity contribution in [2.45, 2.75) is 19.4 Å². The van der Waals surface area contributed by atoms with Crippen LogP contribution in [0, 0.1) is 11.8 Å². The third-order valence-corrected chi connectivity index (χ3v) is 2.35. The van der Waals surface area contributed by atoms with Gasteiger partial charge in [0.15, 0.2) is 0 Å². The zero-order chi connectivity index (χ0) is 13.3. The number of fused-ring (bicyclic) bond motifs is 1. The van der Waals surface area contributed by atoms with Crippen LogP contribution in [-0.4, -0.2) is 32.0 Å². The summed E-state index contributed by atoms with van der Waals surface area (Å²) in [6.45, 7) is 3.16. The number of aromatic carboxylic acids is 1. The molecule has 0 aliphatic carbocycles. The minimum absolute atomic E-state index is 0.149. The van der Waals surface area contributed by atoms with Crippen molar-refractivity contribution >= 4 is 16.9 Å². The monoisotopic (exact) mass is 244 g/mol. The largest absolute Gasteiger partial charge is 0.478 e. The summed E-state index contributed by atoms with van der Waals surface area (Å²) in [5.74, 6) is 4.49. The lowest BCUT2D eigenvalue weighted by atomic mass is 10.0. The molecule has 0 bridgehead atoms. The number of carboxylic acid groups (broad SMARTS) is 1. The van der Waals surface area contributed by atoms with Crippen LogP contribution in [0.4, 0.5) is 0 Å². The predicted octanol–water partition coefficient (Wildman–Crippen LogP) is 1.38. The van der Waals surface area contributed by atoms with Gasteiger partial charge in [-0.15, -0.1) is 0 Å². The van der Waals surface area contributed by atoms with Crippen molar-refractivity contribution in [2.24, 2.45) is 0 Å². The number of carbonyl (C=O) groups is 1. The molecule has 1 heterocycles. The summed E-state index contributed by atoms with van der Waals surface area (Å²) >= 11 is 0. The molecule has 0 unspecified atom stereocenters. The van der Waals surface area contributed by atoms with E-state index in [2.05, 4.69) is 22.0 Å². The second kappa shape index (κ2) is 4.17. The highest BCUT2D eigenvalue weighted by molar-refractivity contribution is 6.03. The van der Waals surface area contributed by atoms with Gasteiger partial charge in [-0.25, -0.2) is 4.79 Å². The van der Waals surface area contributed by atoms with E-state index in [0.717, 1.165) is 0 Å². The van der Waals surface area contributed by atoms with Gasteiger partial charge in [0, 0.05) is 10.9 Å². The van der Waals surface area contributed by atoms with Crippen LogP contribution < -0.4 is 0 Å². The van der Waals surface area contributed by atoms with Crippen LogP contribution in [0.3, 0.4) is 0 Å². The molecule has 0 aliphatic rings. The van der Waals surface area contributed by atoms with Gasteiger partial charge >= 0.3 is 5.97 Å². The maximum absolute atomic E-state index is 11.0. The molecule has 0 fully saturated rings. The first-order chi connectivity index (χ1) is 8.38. The summed E-state index contributed by atoms with van der Waals surface area (Å²) in [6, 6.07) is 3.08. The third-order valence-electron chi connectivity index (χ3n) is 2.35. The lowest BCUT2D eigenvalue weighted by molar-refractivity contribution is 0.0698. The molecule has 0 aliphatic heterocycles. The Labute approximate surface area is 103 Å². The molecular formula is C13H12N2O3. The second-order valence-corrected chi connectivity index (χ2v) is 4.43. The van der Waals surface area contributed by atoms with Crippen molar-refractivity contribution in [3.63, 3.8) is 0 Å². The highest BCUT2D eigenvalue weighted by atomic mass is 16.4. The van der Waals surface area contributed by atoms with E-state index < -0.39 is 11.6 Å². The Hall–Kier alpha value is -2.32. The fourth-order valence-electron chi connectivity index (χ4n) is 1.54. The van der Waals surface area contributed by atoms with Crippen LogP contribution in [0.5, 0.6) is 0 Å². The van der Waals surface area contributed by atoms with E-state index in [1.54, 1.807) is 19.9 Å². The molecule has 18 heavy (non-hydrogen) atoms. The van der Waals surface area contributed by atoms with Crippen LogP contribution in [0.15, 0.2) is 18.3 Å². The van der Waals surface area contributed by atoms with E-state index in [0.29, 0.717) is 16.5 Å². The van der Waals surface area contributed by atoms with Gasteiger partial charge in [-0.05, 0) is 26.0 Å². The molecular weight excluding hydrogens is 232 g/mol. The number of carboxylic acids is 1. The van der Waals surface area contributed by atoms with E-state index in [1.165, 1.54) is 12.3 Å². The first kappa shape index (κ1) is 12.1. The zero-order valence-corrected chi connectivity index (χ0v) is 9.98. The minimum Gasteiger partial charge on any atom is -0.478 e. The Morgan fingerprint density at radius 1 is 1.44 bits per heavy atom. The average molecular weight is 244 g/mol. The van der Waals surface area contributed by atoms with Gasteiger partial charge in [0.25, 0.3) is 0 Å². The van der Waals surface area contributed by atoms with Crippen LogP contribution in [-0.2, 0) is 0 Å². The third kappa shape index (κ3) is 2.34. The Kier molecular flexibility index (Phi) is 2.81. The fourth-order valence-corrected chi connectivity index (χ4v) is 1.54. The minimum atomic E-state index is -1.10. The zero-order valence-electron chi connectivity index (χ0n) is 9.98. The Balaban J connectivity index is 2.61. The predicted molar refractivity (Wildman–Crippen MR) is 66.2 cm³/mol. The SMILES string of the molecule is CC(C)(O)C#Cc1ccc(C(=O)O)c2[nH]ncc12. The van der Waals surface area contributed by atoms with Gasteiger partial charge in [0.2, 0.25) is 0 Å². The van der Waals surface area contributed by atoms with Gasteiger partial charge in [0.05, 0.1) is 17.3 Å². The van der Waals surface area contributed by atoms with E-state index in [1.807, 2.05) is 0 Å². The number of hydrogen-bond acceptors (Lipinski definition) is 3. The Morgan fingerprint density at radius 3 is 2.78 bits per heavy atom. The standard InChI is InChI=1S/C13H12N2O3/c1-13(2,18)6-5-8-3-4-9(12(16)17)11-10(8)7-14-15-11/h3-4,7,18H,1-2H3,(H,14,15)(H,16,17). The van der Waals surface area contributed by atoms with Gasteiger partial charge in [0.1, 0.15) is 5.60 Å². The summed E-state index contributed by atoms with van der Waals surface area (Å²) in [6.07, 6.45) is 1.52. The number of rotatable bonds is 1. The second-order valence-electron chi connectivity index (χ2n) is 4.43. The van der Waals surface area contributed by atoms with Crippen molar-refractivity contribution in [1.82, 2.24) is 10.2 Å². The number of aromatic amines is 1. The molecule has 0 saturated heterocycles. The number of aromatic nitrogens is 2. The topological polar surface area (TPSA) is 86.2 Å². The molecule has 1 aromatic heterocycles. The van der Waals surface area contributed by atoms with E-state index in [4.69, 9.17) is 5.11 Å². The number of nitrogens with one attached hydrogen (secondary N) is 1. The summed E-state index contributed by atoms with van der Waals surface area (Å²) in [5.41, 5.74) is 0.119. The molecule has 1 aromatic carbocycles. The fraction of sp³-hybridized carbons (Fsp3) is 0.231. The van der Waals surface area contributed by atoms with Crippen molar-refractivity contribution in [1.29, 1.82) is 0 Å². The van der Waals surface area contributed by atoms with E-state index in [9.17, 15) is 9.90 Å². The molecule has 2 rings (SSSR count). The lowest BCUT2D eigenvalue weighted by Crippen LogP contribution is -2.14. The highest BCUT2D eigenvalue weighted by Gasteiger charge is 2.12. The van der Waals surface area contributed by atoms with Crippen LogP contribution in [0.2, 0.25) is 0 Å². The molecule has 5 nitrogen and oxygen atoms in total. The van der Waals surface area contributed by atoms with Gasteiger partial charge in [-0.3, -0.25) is 5.10 Å².